The number of carbonyl (C=O) groups is 2. The average molecular weight is 398 g/mol. The van der Waals surface area contributed by atoms with Gasteiger partial charge >= 0.3 is 0 Å². The number of hydrogen-bond donors (Lipinski definition) is 1. The van der Waals surface area contributed by atoms with E-state index in [-0.39, 0.29) is 23.3 Å². The second-order valence-corrected chi connectivity index (χ2v) is 8.83. The molecule has 0 radical (unpaired) electrons. The molecule has 1 aromatic rings. The van der Waals surface area contributed by atoms with E-state index in [9.17, 15) is 9.59 Å². The summed E-state index contributed by atoms with van der Waals surface area (Å²) in [4.78, 5) is 29.6. The van der Waals surface area contributed by atoms with Crippen LogP contribution >= 0.6 is 23.2 Å². The van der Waals surface area contributed by atoms with Crippen LogP contribution in [-0.4, -0.2) is 53.3 Å². The maximum atomic E-state index is 13.1. The first-order valence-corrected chi connectivity index (χ1v) is 9.76. The molecule has 2 unspecified atom stereocenters. The van der Waals surface area contributed by atoms with Crippen LogP contribution in [-0.2, 0) is 4.79 Å². The van der Waals surface area contributed by atoms with Gasteiger partial charge in [-0.05, 0) is 42.9 Å². The van der Waals surface area contributed by atoms with Gasteiger partial charge in [0.25, 0.3) is 5.91 Å². The highest BCUT2D eigenvalue weighted by molar-refractivity contribution is 6.35. The van der Waals surface area contributed by atoms with E-state index in [2.05, 4.69) is 13.8 Å². The Morgan fingerprint density at radius 3 is 2.38 bits per heavy atom. The molecule has 2 amide bonds. The van der Waals surface area contributed by atoms with Crippen molar-refractivity contribution in [3.8, 4) is 0 Å². The van der Waals surface area contributed by atoms with Crippen LogP contribution in [0.4, 0.5) is 0 Å². The Morgan fingerprint density at radius 1 is 1.12 bits per heavy atom. The minimum Gasteiger partial charge on any atom is -0.340 e. The van der Waals surface area contributed by atoms with Crippen molar-refractivity contribution < 1.29 is 9.59 Å². The lowest BCUT2D eigenvalue weighted by atomic mass is 9.79. The average Bonchev–Trinajstić information content (AvgIpc) is 3.04. The summed E-state index contributed by atoms with van der Waals surface area (Å²) in [5.74, 6) is -0.179. The van der Waals surface area contributed by atoms with Gasteiger partial charge in [0, 0.05) is 41.3 Å². The SMILES string of the molecule is CC1(C)CN(C(=O)C2CCCN2C(=O)c2cc(Cl)cc(Cl)c2)CCC1N. The Morgan fingerprint density at radius 2 is 1.77 bits per heavy atom. The maximum absolute atomic E-state index is 13.1. The highest BCUT2D eigenvalue weighted by atomic mass is 35.5. The summed E-state index contributed by atoms with van der Waals surface area (Å²) in [5, 5.41) is 0.824. The van der Waals surface area contributed by atoms with E-state index < -0.39 is 6.04 Å². The second kappa shape index (κ2) is 7.37. The lowest BCUT2D eigenvalue weighted by Crippen LogP contribution is -2.57. The van der Waals surface area contributed by atoms with Gasteiger partial charge in [-0.25, -0.2) is 0 Å². The first-order valence-electron chi connectivity index (χ1n) is 9.00. The molecule has 3 rings (SSSR count). The standard InChI is InChI=1S/C19H25Cl2N3O2/c1-19(2)11-23(7-5-16(19)22)18(26)15-4-3-6-24(15)17(25)12-8-13(20)10-14(21)9-12/h8-10,15-16H,3-7,11,22H2,1-2H3. The minimum atomic E-state index is -0.426. The molecular weight excluding hydrogens is 373 g/mol. The van der Waals surface area contributed by atoms with Crippen LogP contribution in [0, 0.1) is 5.41 Å². The monoisotopic (exact) mass is 397 g/mol. The molecule has 2 fully saturated rings. The topological polar surface area (TPSA) is 66.6 Å². The molecule has 2 atom stereocenters. The van der Waals surface area contributed by atoms with Crippen molar-refractivity contribution in [2.75, 3.05) is 19.6 Å². The molecule has 0 saturated carbocycles. The van der Waals surface area contributed by atoms with Gasteiger partial charge in [-0.15, -0.1) is 0 Å². The number of piperidine rings is 1. The van der Waals surface area contributed by atoms with Gasteiger partial charge in [-0.1, -0.05) is 37.0 Å². The van der Waals surface area contributed by atoms with Crippen LogP contribution in [0.25, 0.3) is 0 Å². The number of nitrogens with zero attached hydrogens (tertiary/aromatic N) is 2. The number of carbonyl (C=O) groups excluding carboxylic acids is 2. The van der Waals surface area contributed by atoms with E-state index in [1.807, 2.05) is 4.90 Å². The number of halogens is 2. The molecule has 1 aromatic carbocycles. The molecule has 26 heavy (non-hydrogen) atoms. The van der Waals surface area contributed by atoms with E-state index >= 15 is 0 Å². The van der Waals surface area contributed by atoms with Gasteiger partial charge in [0.15, 0.2) is 0 Å². The Balaban J connectivity index is 1.77. The summed E-state index contributed by atoms with van der Waals surface area (Å²) in [6.45, 7) is 6.00. The summed E-state index contributed by atoms with van der Waals surface area (Å²) >= 11 is 12.0. The van der Waals surface area contributed by atoms with Crippen molar-refractivity contribution in [2.24, 2.45) is 11.1 Å². The Kier molecular flexibility index (Phi) is 5.52. The second-order valence-electron chi connectivity index (χ2n) is 7.96. The van der Waals surface area contributed by atoms with Crippen LogP contribution in [0.2, 0.25) is 10.0 Å². The highest BCUT2D eigenvalue weighted by Crippen LogP contribution is 2.30. The third kappa shape index (κ3) is 3.85. The first-order chi connectivity index (χ1) is 12.2. The molecule has 2 aliphatic heterocycles. The number of likely N-dealkylation sites (tertiary alicyclic amines) is 2. The third-order valence-corrected chi connectivity index (χ3v) is 5.97. The van der Waals surface area contributed by atoms with Gasteiger partial charge in [-0.2, -0.15) is 0 Å². The molecular formula is C19H25Cl2N3O2. The van der Waals surface area contributed by atoms with Crippen molar-refractivity contribution in [2.45, 2.75) is 45.2 Å². The molecule has 5 nitrogen and oxygen atoms in total. The molecule has 0 bridgehead atoms. The lowest BCUT2D eigenvalue weighted by Gasteiger charge is -2.44. The van der Waals surface area contributed by atoms with E-state index in [4.69, 9.17) is 28.9 Å². The molecule has 0 aromatic heterocycles. The number of nitrogens with two attached hydrogens (primary N) is 1. The molecule has 7 heteroatoms. The predicted octanol–water partition coefficient (Wildman–Crippen LogP) is 3.18. The fourth-order valence-corrected chi connectivity index (χ4v) is 4.41. The predicted molar refractivity (Wildman–Crippen MR) is 103 cm³/mol. The van der Waals surface area contributed by atoms with Gasteiger partial charge in [0.1, 0.15) is 6.04 Å². The number of hydrogen-bond acceptors (Lipinski definition) is 3. The molecule has 2 aliphatic rings. The van der Waals surface area contributed by atoms with Crippen molar-refractivity contribution in [1.29, 1.82) is 0 Å². The molecule has 0 spiro atoms. The fraction of sp³-hybridized carbons (Fsp3) is 0.579. The summed E-state index contributed by atoms with van der Waals surface area (Å²) in [7, 11) is 0. The van der Waals surface area contributed by atoms with Crippen LogP contribution < -0.4 is 5.73 Å². The zero-order valence-corrected chi connectivity index (χ0v) is 16.7. The summed E-state index contributed by atoms with van der Waals surface area (Å²) in [6.07, 6.45) is 2.28. The Hall–Kier alpha value is -1.30. The van der Waals surface area contributed by atoms with E-state index in [1.165, 1.54) is 0 Å². The van der Waals surface area contributed by atoms with Crippen LogP contribution in [0.15, 0.2) is 18.2 Å². The molecule has 2 N–H and O–H groups in total. The van der Waals surface area contributed by atoms with Crippen LogP contribution in [0.5, 0.6) is 0 Å². The summed E-state index contributed by atoms with van der Waals surface area (Å²) in [6, 6.07) is 4.44. The zero-order chi connectivity index (χ0) is 19.1. The summed E-state index contributed by atoms with van der Waals surface area (Å²) < 4.78 is 0. The zero-order valence-electron chi connectivity index (χ0n) is 15.2. The third-order valence-electron chi connectivity index (χ3n) is 5.53. The molecule has 2 heterocycles. The van der Waals surface area contributed by atoms with E-state index in [1.54, 1.807) is 23.1 Å². The normalized spacial score (nSPS) is 25.4. The fourth-order valence-electron chi connectivity index (χ4n) is 3.88. The lowest BCUT2D eigenvalue weighted by molar-refractivity contribution is -0.138. The van der Waals surface area contributed by atoms with Gasteiger partial charge in [-0.3, -0.25) is 9.59 Å². The smallest absolute Gasteiger partial charge is 0.254 e. The van der Waals surface area contributed by atoms with Gasteiger partial charge < -0.3 is 15.5 Å². The van der Waals surface area contributed by atoms with Crippen molar-refractivity contribution in [3.63, 3.8) is 0 Å². The van der Waals surface area contributed by atoms with E-state index in [0.29, 0.717) is 41.7 Å². The van der Waals surface area contributed by atoms with Crippen molar-refractivity contribution >= 4 is 35.0 Å². The Labute approximate surface area is 164 Å². The minimum absolute atomic E-state index is 0.0175. The quantitative estimate of drug-likeness (QED) is 0.832. The largest absolute Gasteiger partial charge is 0.340 e. The van der Waals surface area contributed by atoms with Crippen molar-refractivity contribution in [3.05, 3.63) is 33.8 Å². The van der Waals surface area contributed by atoms with E-state index in [0.717, 1.165) is 12.8 Å². The van der Waals surface area contributed by atoms with Crippen LogP contribution in [0.3, 0.4) is 0 Å². The molecule has 0 aliphatic carbocycles. The molecule has 142 valence electrons. The maximum Gasteiger partial charge on any atom is 0.254 e. The number of amides is 2. The number of rotatable bonds is 2. The summed E-state index contributed by atoms with van der Waals surface area (Å²) in [5.41, 5.74) is 6.48. The highest BCUT2D eigenvalue weighted by Gasteiger charge is 2.41. The van der Waals surface area contributed by atoms with Crippen LogP contribution in [0.1, 0.15) is 43.5 Å². The van der Waals surface area contributed by atoms with Gasteiger partial charge in [0.2, 0.25) is 5.91 Å². The first kappa shape index (κ1) is 19.5. The number of benzene rings is 1. The molecule has 2 saturated heterocycles. The van der Waals surface area contributed by atoms with Gasteiger partial charge in [0.05, 0.1) is 0 Å². The Bertz CT molecular complexity index is 702. The van der Waals surface area contributed by atoms with Crippen molar-refractivity contribution in [1.82, 2.24) is 9.80 Å².